The maximum atomic E-state index is 12.8. The molecule has 0 aliphatic rings. The van der Waals surface area contributed by atoms with Gasteiger partial charge in [-0.15, -0.1) is 10.2 Å². The summed E-state index contributed by atoms with van der Waals surface area (Å²) in [6, 6.07) is 11.1. The van der Waals surface area contributed by atoms with Crippen LogP contribution in [0.1, 0.15) is 19.4 Å². The second kappa shape index (κ2) is 9.79. The van der Waals surface area contributed by atoms with Gasteiger partial charge in [0.05, 0.1) is 22.1 Å². The molecule has 1 aromatic heterocycles. The van der Waals surface area contributed by atoms with E-state index in [1.54, 1.807) is 24.3 Å². The Labute approximate surface area is 195 Å². The highest BCUT2D eigenvalue weighted by Gasteiger charge is 2.28. The van der Waals surface area contributed by atoms with Gasteiger partial charge in [-0.3, -0.25) is 25.0 Å². The molecule has 0 unspecified atom stereocenters. The van der Waals surface area contributed by atoms with Crippen molar-refractivity contribution in [2.45, 2.75) is 25.7 Å². The fourth-order valence-electron chi connectivity index (χ4n) is 2.92. The first-order valence-electron chi connectivity index (χ1n) is 10.0. The molecule has 1 heterocycles. The molecule has 2 aromatic carbocycles. The third-order valence-electron chi connectivity index (χ3n) is 4.67. The lowest BCUT2D eigenvalue weighted by Crippen LogP contribution is -2.14. The van der Waals surface area contributed by atoms with E-state index in [0.717, 1.165) is 12.1 Å². The molecule has 34 heavy (non-hydrogen) atoms. The number of anilines is 1. The van der Waals surface area contributed by atoms with Crippen molar-refractivity contribution >= 4 is 27.1 Å². The molecule has 13 heteroatoms. The minimum Gasteiger partial charge on any atom is -0.476 e. The first kappa shape index (κ1) is 24.5. The van der Waals surface area contributed by atoms with E-state index in [9.17, 15) is 28.6 Å². The monoisotopic (exact) mass is 487 g/mol. The van der Waals surface area contributed by atoms with Crippen LogP contribution < -0.4 is 9.46 Å². The van der Waals surface area contributed by atoms with E-state index in [-0.39, 0.29) is 11.3 Å². The van der Waals surface area contributed by atoms with Gasteiger partial charge in [-0.05, 0) is 31.0 Å². The molecule has 0 fully saturated rings. The molecule has 0 aliphatic heterocycles. The summed E-state index contributed by atoms with van der Waals surface area (Å²) < 4.78 is 33.3. The largest absolute Gasteiger partial charge is 0.476 e. The maximum absolute atomic E-state index is 12.8. The molecule has 0 amide bonds. The second-order valence-electron chi connectivity index (χ2n) is 7.75. The quantitative estimate of drug-likeness (QED) is 0.345. The first-order chi connectivity index (χ1) is 16.0. The number of benzene rings is 2. The minimum atomic E-state index is -4.34. The lowest BCUT2D eigenvalue weighted by Gasteiger charge is -2.10. The van der Waals surface area contributed by atoms with E-state index >= 15 is 0 Å². The van der Waals surface area contributed by atoms with Gasteiger partial charge in [0.1, 0.15) is 10.5 Å². The first-order valence-corrected chi connectivity index (χ1v) is 11.5. The summed E-state index contributed by atoms with van der Waals surface area (Å²) in [5.74, 6) is 0.734. The van der Waals surface area contributed by atoms with E-state index in [2.05, 4.69) is 14.9 Å². The zero-order chi connectivity index (χ0) is 25.0. The summed E-state index contributed by atoms with van der Waals surface area (Å²) in [7, 11) is -4.34. The zero-order valence-electron chi connectivity index (χ0n) is 18.5. The number of ether oxygens (including phenoxy) is 1. The van der Waals surface area contributed by atoms with Gasteiger partial charge in [0.15, 0.2) is 0 Å². The van der Waals surface area contributed by atoms with Crippen LogP contribution in [0.2, 0.25) is 0 Å². The Bertz CT molecular complexity index is 1290. The second-order valence-corrected chi connectivity index (χ2v) is 9.43. The van der Waals surface area contributed by atoms with E-state index in [0.29, 0.717) is 29.7 Å². The fraction of sp³-hybridized carbons (Fsp3) is 0.238. The van der Waals surface area contributed by atoms with Gasteiger partial charge < -0.3 is 4.74 Å². The van der Waals surface area contributed by atoms with Gasteiger partial charge in [-0.25, -0.2) is 8.42 Å². The fourth-order valence-corrected chi connectivity index (χ4v) is 4.02. The molecule has 0 bridgehead atoms. The third-order valence-corrected chi connectivity index (χ3v) is 6.03. The Hall–Kier alpha value is -4.13. The van der Waals surface area contributed by atoms with Crippen LogP contribution in [0.25, 0.3) is 11.3 Å². The number of nitrogens with one attached hydrogen (secondary N) is 1. The highest BCUT2D eigenvalue weighted by molar-refractivity contribution is 7.92. The molecule has 3 aromatic rings. The van der Waals surface area contributed by atoms with Crippen LogP contribution in [0.15, 0.2) is 53.4 Å². The standard InChI is InChI=1S/C21H21N5O7S/c1-13(2)12-33-21-9-8-18(22-23-21)15-4-6-16(7-5-15)24-34(31,32)17-10-19(25(27)28)14(3)20(11-17)26(29)30/h4-11,13,24H,12H2,1-3H3. The molecule has 0 saturated carbocycles. The lowest BCUT2D eigenvalue weighted by atomic mass is 10.1. The normalized spacial score (nSPS) is 11.3. The van der Waals surface area contributed by atoms with Crippen LogP contribution in [-0.4, -0.2) is 35.1 Å². The summed E-state index contributed by atoms with van der Waals surface area (Å²) in [5.41, 5.74) is -0.211. The summed E-state index contributed by atoms with van der Waals surface area (Å²) in [4.78, 5) is 20.2. The Morgan fingerprint density at radius 3 is 2.03 bits per heavy atom. The molecule has 0 radical (unpaired) electrons. The van der Waals surface area contributed by atoms with Crippen molar-refractivity contribution in [1.29, 1.82) is 0 Å². The molecular formula is C21H21N5O7S. The molecule has 178 valence electrons. The lowest BCUT2D eigenvalue weighted by molar-refractivity contribution is -0.395. The Kier molecular flexibility index (Phi) is 7.05. The van der Waals surface area contributed by atoms with Crippen molar-refractivity contribution in [1.82, 2.24) is 10.2 Å². The summed E-state index contributed by atoms with van der Waals surface area (Å²) in [6.07, 6.45) is 0. The number of sulfonamides is 1. The molecule has 0 atom stereocenters. The van der Waals surface area contributed by atoms with Crippen molar-refractivity contribution in [3.63, 3.8) is 0 Å². The molecule has 0 saturated heterocycles. The molecule has 12 nitrogen and oxygen atoms in total. The number of hydrogen-bond acceptors (Lipinski definition) is 9. The Balaban J connectivity index is 1.82. The van der Waals surface area contributed by atoms with Gasteiger partial charge in [-0.1, -0.05) is 26.0 Å². The average Bonchev–Trinajstić information content (AvgIpc) is 2.78. The average molecular weight is 487 g/mol. The SMILES string of the molecule is Cc1c([N+](=O)[O-])cc(S(=O)(=O)Nc2ccc(-c3ccc(OCC(C)C)nn3)cc2)cc1[N+](=O)[O-]. The molecule has 0 spiro atoms. The molecule has 3 rings (SSSR count). The number of hydrogen-bond donors (Lipinski definition) is 1. The smallest absolute Gasteiger partial charge is 0.280 e. The van der Waals surface area contributed by atoms with Gasteiger partial charge in [0.2, 0.25) is 5.88 Å². The van der Waals surface area contributed by atoms with Crippen LogP contribution in [0, 0.1) is 33.1 Å². The maximum Gasteiger partial charge on any atom is 0.280 e. The molecule has 1 N–H and O–H groups in total. The number of rotatable bonds is 9. The molecule has 0 aliphatic carbocycles. The Morgan fingerprint density at radius 1 is 0.971 bits per heavy atom. The van der Waals surface area contributed by atoms with Crippen molar-refractivity contribution in [3.8, 4) is 17.1 Å². The summed E-state index contributed by atoms with van der Waals surface area (Å²) in [5, 5.41) is 30.6. The van der Waals surface area contributed by atoms with Crippen molar-refractivity contribution in [3.05, 3.63) is 74.3 Å². The van der Waals surface area contributed by atoms with Crippen molar-refractivity contribution in [2.75, 3.05) is 11.3 Å². The van der Waals surface area contributed by atoms with Crippen LogP contribution >= 0.6 is 0 Å². The van der Waals surface area contributed by atoms with Crippen molar-refractivity contribution in [2.24, 2.45) is 5.92 Å². The van der Waals surface area contributed by atoms with E-state index in [4.69, 9.17) is 4.74 Å². The molecular weight excluding hydrogens is 466 g/mol. The summed E-state index contributed by atoms with van der Waals surface area (Å²) >= 11 is 0. The van der Waals surface area contributed by atoms with Crippen LogP contribution in [0.3, 0.4) is 0 Å². The van der Waals surface area contributed by atoms with Gasteiger partial charge >= 0.3 is 0 Å². The van der Waals surface area contributed by atoms with Crippen LogP contribution in [0.5, 0.6) is 5.88 Å². The van der Waals surface area contributed by atoms with Gasteiger partial charge in [0.25, 0.3) is 21.4 Å². The Morgan fingerprint density at radius 2 is 1.56 bits per heavy atom. The number of nitro benzene ring substituents is 2. The number of aromatic nitrogens is 2. The van der Waals surface area contributed by atoms with Crippen molar-refractivity contribution < 1.29 is 23.0 Å². The highest BCUT2D eigenvalue weighted by Crippen LogP contribution is 2.32. The minimum absolute atomic E-state index is 0.152. The van der Waals surface area contributed by atoms with Crippen LogP contribution in [-0.2, 0) is 10.0 Å². The predicted octanol–water partition coefficient (Wildman–Crippen LogP) is 4.10. The predicted molar refractivity (Wildman–Crippen MR) is 123 cm³/mol. The van der Waals surface area contributed by atoms with E-state index < -0.39 is 36.1 Å². The zero-order valence-corrected chi connectivity index (χ0v) is 19.3. The van der Waals surface area contributed by atoms with E-state index in [1.807, 2.05) is 13.8 Å². The van der Waals surface area contributed by atoms with E-state index in [1.165, 1.54) is 19.1 Å². The number of nitro groups is 2. The van der Waals surface area contributed by atoms with Crippen LogP contribution in [0.4, 0.5) is 17.1 Å². The van der Waals surface area contributed by atoms with Gasteiger partial charge in [-0.2, -0.15) is 0 Å². The van der Waals surface area contributed by atoms with Gasteiger partial charge in [0, 0.05) is 29.4 Å². The highest BCUT2D eigenvalue weighted by atomic mass is 32.2. The topological polar surface area (TPSA) is 167 Å². The third kappa shape index (κ3) is 5.61. The summed E-state index contributed by atoms with van der Waals surface area (Å²) in [6.45, 7) is 5.72. The number of nitrogens with zero attached hydrogens (tertiary/aromatic N) is 4.